The summed E-state index contributed by atoms with van der Waals surface area (Å²) in [5, 5.41) is 3.79. The maximum absolute atomic E-state index is 12.2. The van der Waals surface area contributed by atoms with Crippen molar-refractivity contribution >= 4 is 23.4 Å². The van der Waals surface area contributed by atoms with Crippen LogP contribution in [0.15, 0.2) is 29.6 Å². The molecule has 2 aromatic heterocycles. The molecule has 1 atom stereocenters. The van der Waals surface area contributed by atoms with Crippen LogP contribution in [0.25, 0.3) is 0 Å². The minimum Gasteiger partial charge on any atom is -0.350 e. The molecule has 0 radical (unpaired) electrons. The van der Waals surface area contributed by atoms with E-state index in [0.29, 0.717) is 23.3 Å². The number of hydrogen-bond acceptors (Lipinski definition) is 6. The lowest BCUT2D eigenvalue weighted by molar-refractivity contribution is 0.521. The Labute approximate surface area is 133 Å². The highest BCUT2D eigenvalue weighted by Gasteiger charge is 2.23. The molecule has 3 rings (SSSR count). The molecular weight excluding hydrogens is 304 g/mol. The molecular formula is C14H17ClN6O. The number of nitrogens with zero attached hydrogens (tertiary/aromatic N) is 5. The van der Waals surface area contributed by atoms with E-state index in [0.717, 1.165) is 19.4 Å². The molecule has 2 aromatic rings. The van der Waals surface area contributed by atoms with Crippen molar-refractivity contribution < 1.29 is 0 Å². The fourth-order valence-corrected chi connectivity index (χ4v) is 2.66. The third-order valence-corrected chi connectivity index (χ3v) is 3.87. The van der Waals surface area contributed by atoms with Crippen LogP contribution in [0.4, 0.5) is 11.8 Å². The van der Waals surface area contributed by atoms with Crippen molar-refractivity contribution in [2.75, 3.05) is 23.3 Å². The molecule has 0 aliphatic carbocycles. The summed E-state index contributed by atoms with van der Waals surface area (Å²) in [6, 6.07) is 0.168. The summed E-state index contributed by atoms with van der Waals surface area (Å²) in [5.74, 6) is 1.04. The van der Waals surface area contributed by atoms with Crippen molar-refractivity contribution in [1.82, 2.24) is 19.5 Å². The van der Waals surface area contributed by atoms with E-state index in [4.69, 9.17) is 11.6 Å². The van der Waals surface area contributed by atoms with Crippen LogP contribution >= 0.6 is 11.6 Å². The van der Waals surface area contributed by atoms with Crippen molar-refractivity contribution in [3.63, 3.8) is 0 Å². The minimum atomic E-state index is -0.0779. The number of nitrogens with one attached hydrogen (secondary N) is 1. The lowest BCUT2D eigenvalue weighted by atomic mass is 10.1. The van der Waals surface area contributed by atoms with Crippen LogP contribution in [-0.4, -0.2) is 38.7 Å². The van der Waals surface area contributed by atoms with Crippen LogP contribution in [0, 0.1) is 0 Å². The molecule has 3 heterocycles. The molecule has 1 unspecified atom stereocenters. The molecule has 0 saturated carbocycles. The van der Waals surface area contributed by atoms with Gasteiger partial charge in [0, 0.05) is 38.6 Å². The monoisotopic (exact) mass is 320 g/mol. The second-order valence-electron chi connectivity index (χ2n) is 5.32. The number of piperidine rings is 1. The van der Waals surface area contributed by atoms with E-state index in [1.54, 1.807) is 36.4 Å². The van der Waals surface area contributed by atoms with Gasteiger partial charge in [-0.2, -0.15) is 0 Å². The summed E-state index contributed by atoms with van der Waals surface area (Å²) in [4.78, 5) is 26.7. The van der Waals surface area contributed by atoms with E-state index < -0.39 is 0 Å². The lowest BCUT2D eigenvalue weighted by Crippen LogP contribution is -2.45. The Bertz CT molecular complexity index is 701. The molecule has 1 saturated heterocycles. The molecule has 1 aliphatic rings. The van der Waals surface area contributed by atoms with E-state index in [1.807, 2.05) is 4.90 Å². The summed E-state index contributed by atoms with van der Waals surface area (Å²) in [7, 11) is 1.73. The highest BCUT2D eigenvalue weighted by Crippen LogP contribution is 2.17. The predicted molar refractivity (Wildman–Crippen MR) is 85.4 cm³/mol. The van der Waals surface area contributed by atoms with Crippen LogP contribution in [-0.2, 0) is 7.05 Å². The van der Waals surface area contributed by atoms with Crippen LogP contribution in [0.1, 0.15) is 12.8 Å². The molecule has 0 bridgehead atoms. The smallest absolute Gasteiger partial charge is 0.293 e. The fourth-order valence-electron chi connectivity index (χ4n) is 2.56. The SMILES string of the molecule is Cn1ccnc(N2CCCC(Nc3ncc(Cl)cn3)C2)c1=O. The van der Waals surface area contributed by atoms with Crippen LogP contribution in [0.5, 0.6) is 0 Å². The molecule has 0 amide bonds. The molecule has 22 heavy (non-hydrogen) atoms. The molecule has 116 valence electrons. The van der Waals surface area contributed by atoms with E-state index in [-0.39, 0.29) is 11.6 Å². The Morgan fingerprint density at radius 1 is 1.32 bits per heavy atom. The maximum Gasteiger partial charge on any atom is 0.293 e. The van der Waals surface area contributed by atoms with Gasteiger partial charge < -0.3 is 14.8 Å². The molecule has 1 fully saturated rings. The van der Waals surface area contributed by atoms with Crippen molar-refractivity contribution in [2.24, 2.45) is 7.05 Å². The van der Waals surface area contributed by atoms with Gasteiger partial charge in [-0.25, -0.2) is 15.0 Å². The van der Waals surface area contributed by atoms with E-state index >= 15 is 0 Å². The summed E-state index contributed by atoms with van der Waals surface area (Å²) in [6.45, 7) is 1.52. The number of halogens is 1. The second-order valence-corrected chi connectivity index (χ2v) is 5.76. The Kier molecular flexibility index (Phi) is 4.24. The summed E-state index contributed by atoms with van der Waals surface area (Å²) >= 11 is 5.78. The first-order valence-electron chi connectivity index (χ1n) is 7.14. The highest BCUT2D eigenvalue weighted by molar-refractivity contribution is 6.30. The maximum atomic E-state index is 12.2. The van der Waals surface area contributed by atoms with Crippen LogP contribution < -0.4 is 15.8 Å². The molecule has 1 N–H and O–H groups in total. The Morgan fingerprint density at radius 3 is 2.86 bits per heavy atom. The quantitative estimate of drug-likeness (QED) is 0.919. The zero-order valence-electron chi connectivity index (χ0n) is 12.2. The summed E-state index contributed by atoms with van der Waals surface area (Å²) in [6.07, 6.45) is 8.40. The van der Waals surface area contributed by atoms with E-state index in [2.05, 4.69) is 20.3 Å². The van der Waals surface area contributed by atoms with Gasteiger partial charge in [0.1, 0.15) is 0 Å². The fraction of sp³-hybridized carbons (Fsp3) is 0.429. The van der Waals surface area contributed by atoms with Gasteiger partial charge in [-0.3, -0.25) is 4.79 Å². The van der Waals surface area contributed by atoms with Gasteiger partial charge in [0.15, 0.2) is 5.82 Å². The van der Waals surface area contributed by atoms with Gasteiger partial charge in [0.05, 0.1) is 17.4 Å². The van der Waals surface area contributed by atoms with Gasteiger partial charge >= 0.3 is 0 Å². The van der Waals surface area contributed by atoms with Gasteiger partial charge in [0.2, 0.25) is 5.95 Å². The molecule has 0 spiro atoms. The normalized spacial score (nSPS) is 18.3. The molecule has 8 heteroatoms. The van der Waals surface area contributed by atoms with Crippen molar-refractivity contribution in [3.05, 3.63) is 40.2 Å². The van der Waals surface area contributed by atoms with Crippen LogP contribution in [0.2, 0.25) is 5.02 Å². The van der Waals surface area contributed by atoms with Gasteiger partial charge in [-0.05, 0) is 12.8 Å². The zero-order chi connectivity index (χ0) is 15.5. The minimum absolute atomic E-state index is 0.0779. The number of rotatable bonds is 3. The van der Waals surface area contributed by atoms with Crippen molar-refractivity contribution in [3.8, 4) is 0 Å². The first kappa shape index (κ1) is 14.8. The van der Waals surface area contributed by atoms with Gasteiger partial charge in [-0.1, -0.05) is 11.6 Å². The number of anilines is 2. The molecule has 7 nitrogen and oxygen atoms in total. The molecule has 1 aliphatic heterocycles. The first-order valence-corrected chi connectivity index (χ1v) is 7.52. The van der Waals surface area contributed by atoms with E-state index in [9.17, 15) is 4.79 Å². The van der Waals surface area contributed by atoms with Gasteiger partial charge in [-0.15, -0.1) is 0 Å². The average molecular weight is 321 g/mol. The number of hydrogen-bond donors (Lipinski definition) is 1. The molecule has 0 aromatic carbocycles. The van der Waals surface area contributed by atoms with Crippen LogP contribution in [0.3, 0.4) is 0 Å². The number of aromatic nitrogens is 4. The standard InChI is InChI=1S/C14H17ClN6O/c1-20-6-4-16-12(13(20)22)21-5-2-3-11(9-21)19-14-17-7-10(15)8-18-14/h4,6-8,11H,2-3,5,9H2,1H3,(H,17,18,19). The lowest BCUT2D eigenvalue weighted by Gasteiger charge is -2.33. The Morgan fingerprint density at radius 2 is 2.09 bits per heavy atom. The van der Waals surface area contributed by atoms with Gasteiger partial charge in [0.25, 0.3) is 5.56 Å². The summed E-state index contributed by atoms with van der Waals surface area (Å²) in [5.41, 5.74) is -0.0779. The Balaban J connectivity index is 1.72. The first-order chi connectivity index (χ1) is 10.6. The second kappa shape index (κ2) is 6.31. The predicted octanol–water partition coefficient (Wildman–Crippen LogP) is 1.30. The summed E-state index contributed by atoms with van der Waals surface area (Å²) < 4.78 is 1.54. The highest BCUT2D eigenvalue weighted by atomic mass is 35.5. The number of aryl methyl sites for hydroxylation is 1. The van der Waals surface area contributed by atoms with Crippen molar-refractivity contribution in [1.29, 1.82) is 0 Å². The third kappa shape index (κ3) is 3.19. The third-order valence-electron chi connectivity index (χ3n) is 3.67. The van der Waals surface area contributed by atoms with E-state index in [1.165, 1.54) is 0 Å². The zero-order valence-corrected chi connectivity index (χ0v) is 13.0. The average Bonchev–Trinajstić information content (AvgIpc) is 2.53. The van der Waals surface area contributed by atoms with Crippen molar-refractivity contribution in [2.45, 2.75) is 18.9 Å². The Hall–Kier alpha value is -2.15. The largest absolute Gasteiger partial charge is 0.350 e. The topological polar surface area (TPSA) is 75.9 Å².